The smallest absolute Gasteiger partial charge is 0.0448 e. The van der Waals surface area contributed by atoms with Crippen LogP contribution in [0.25, 0.3) is 0 Å². The van der Waals surface area contributed by atoms with E-state index in [2.05, 4.69) is 0 Å². The second-order valence-corrected chi connectivity index (χ2v) is 0.577. The summed E-state index contributed by atoms with van der Waals surface area (Å²) >= 11 is 0. The van der Waals surface area contributed by atoms with Gasteiger partial charge in [-0.3, -0.25) is 0 Å². The lowest BCUT2D eigenvalue weighted by molar-refractivity contribution is 1.41. The first kappa shape index (κ1) is 9.03. The van der Waals surface area contributed by atoms with E-state index in [1.807, 2.05) is 20.3 Å². The molecule has 1 nitrogen and oxygen atoms in total. The Hall–Kier alpha value is -0.0400. The highest BCUT2D eigenvalue weighted by atomic mass is 14.0. The van der Waals surface area contributed by atoms with Crippen LogP contribution in [0.2, 0.25) is 0 Å². The minimum atomic E-state index is 0. The molecule has 0 spiro atoms. The fraction of sp³-hybridized carbons (Fsp3) is 0.667. The topological polar surface area (TPSA) is 35.0 Å². The summed E-state index contributed by atoms with van der Waals surface area (Å²) < 4.78 is 0. The molecule has 0 fully saturated rings. The van der Waals surface area contributed by atoms with Crippen LogP contribution in [0.5, 0.6) is 0 Å². The van der Waals surface area contributed by atoms with Crippen LogP contribution in [-0.2, 0) is 0 Å². The van der Waals surface area contributed by atoms with E-state index < -0.39 is 0 Å². The zero-order valence-electron chi connectivity index (χ0n) is 3.28. The lowest BCUT2D eigenvalue weighted by Crippen LogP contribution is -1.30. The molecular formula is C3H10N. The summed E-state index contributed by atoms with van der Waals surface area (Å²) in [7, 11) is 0. The highest BCUT2D eigenvalue weighted by Crippen LogP contribution is 1.53. The van der Waals surface area contributed by atoms with Gasteiger partial charge in [0.25, 0.3) is 0 Å². The Bertz CT molecular complexity index is 3.25. The van der Waals surface area contributed by atoms with Crippen LogP contribution in [-0.4, -0.2) is 0 Å². The van der Waals surface area contributed by atoms with Crippen molar-refractivity contribution in [1.82, 2.24) is 6.15 Å². The maximum absolute atomic E-state index is 2.00. The molecule has 0 saturated heterocycles. The Kier molecular flexibility index (Phi) is 27.9. The van der Waals surface area contributed by atoms with Crippen molar-refractivity contribution in [3.8, 4) is 0 Å². The molecule has 0 heterocycles. The minimum Gasteiger partial charge on any atom is -0.344 e. The van der Waals surface area contributed by atoms with E-state index in [9.17, 15) is 0 Å². The molecule has 0 unspecified atom stereocenters. The number of hydrogen-bond acceptors (Lipinski definition) is 1. The predicted octanol–water partition coefficient (Wildman–Crippen LogP) is 1.39. The molecule has 0 aromatic rings. The first-order chi connectivity index (χ1) is 1.41. The third kappa shape index (κ3) is 1130. The van der Waals surface area contributed by atoms with E-state index in [-0.39, 0.29) is 6.15 Å². The van der Waals surface area contributed by atoms with Crippen molar-refractivity contribution in [3.63, 3.8) is 0 Å². The van der Waals surface area contributed by atoms with Gasteiger partial charge in [0.2, 0.25) is 0 Å². The predicted molar refractivity (Wildman–Crippen MR) is 20.7 cm³/mol. The summed E-state index contributed by atoms with van der Waals surface area (Å²) in [6, 6.07) is 0. The van der Waals surface area contributed by atoms with Crippen molar-refractivity contribution in [2.24, 2.45) is 0 Å². The van der Waals surface area contributed by atoms with E-state index in [0.29, 0.717) is 0 Å². The third-order valence-corrected chi connectivity index (χ3v) is 0. The van der Waals surface area contributed by atoms with Gasteiger partial charge in [-0.15, -0.1) is 0 Å². The first-order valence-corrected chi connectivity index (χ1v) is 1.15. The monoisotopic (exact) mass is 60.1 g/mol. The van der Waals surface area contributed by atoms with Gasteiger partial charge in [0.1, 0.15) is 0 Å². The zero-order valence-corrected chi connectivity index (χ0v) is 3.28. The molecule has 0 aromatic heterocycles. The van der Waals surface area contributed by atoms with E-state index in [1.54, 1.807) is 0 Å². The van der Waals surface area contributed by atoms with Crippen LogP contribution in [0.3, 0.4) is 0 Å². The number of hydrogen-bond donors (Lipinski definition) is 1. The highest BCUT2D eigenvalue weighted by molar-refractivity contribution is 4.34. The Morgan fingerprint density at radius 2 is 1.25 bits per heavy atom. The quantitative estimate of drug-likeness (QED) is 0.450. The molecule has 0 saturated carbocycles. The van der Waals surface area contributed by atoms with Crippen LogP contribution >= 0.6 is 0 Å². The average Bonchev–Trinajstić information content (AvgIpc) is 0.918. The molecule has 4 heavy (non-hydrogen) atoms. The zero-order chi connectivity index (χ0) is 2.71. The summed E-state index contributed by atoms with van der Waals surface area (Å²) in [5.41, 5.74) is 0. The molecular weight excluding hydrogens is 50.0 g/mol. The molecule has 0 amide bonds. The molecule has 1 heteroatoms. The van der Waals surface area contributed by atoms with E-state index >= 15 is 0 Å². The Labute approximate surface area is 27.6 Å². The van der Waals surface area contributed by atoms with Crippen molar-refractivity contribution in [2.75, 3.05) is 0 Å². The normalized spacial score (nSPS) is 4.50. The molecule has 0 aliphatic rings. The second-order valence-electron chi connectivity index (χ2n) is 0.577. The Morgan fingerprint density at radius 1 is 1.25 bits per heavy atom. The number of rotatable bonds is 0. The standard InChI is InChI=1S/C3H7.H3N/c1-3-2;/h3H,1-2H3;1H3. The molecule has 0 aromatic carbocycles. The highest BCUT2D eigenvalue weighted by Gasteiger charge is 1.36. The molecule has 0 aliphatic carbocycles. The third-order valence-electron chi connectivity index (χ3n) is 0. The summed E-state index contributed by atoms with van der Waals surface area (Å²) in [6.45, 7) is 4.00. The van der Waals surface area contributed by atoms with Crippen molar-refractivity contribution >= 4 is 0 Å². The van der Waals surface area contributed by atoms with E-state index in [4.69, 9.17) is 0 Å². The molecule has 0 rings (SSSR count). The van der Waals surface area contributed by atoms with Gasteiger partial charge < -0.3 is 6.15 Å². The molecule has 1 radical (unpaired) electrons. The largest absolute Gasteiger partial charge is 0.344 e. The molecule has 0 aliphatic heterocycles. The molecule has 27 valence electrons. The minimum absolute atomic E-state index is 0. The van der Waals surface area contributed by atoms with Gasteiger partial charge >= 0.3 is 0 Å². The van der Waals surface area contributed by atoms with Crippen LogP contribution in [0, 0.1) is 6.42 Å². The van der Waals surface area contributed by atoms with Gasteiger partial charge in [0.05, 0.1) is 0 Å². The van der Waals surface area contributed by atoms with Gasteiger partial charge in [-0.1, -0.05) is 13.8 Å². The fourth-order valence-electron chi connectivity index (χ4n) is 0. The average molecular weight is 60.1 g/mol. The summed E-state index contributed by atoms with van der Waals surface area (Å²) in [4.78, 5) is 0. The summed E-state index contributed by atoms with van der Waals surface area (Å²) in [5, 5.41) is 0. The maximum atomic E-state index is 2.00. The van der Waals surface area contributed by atoms with Crippen LogP contribution < -0.4 is 6.15 Å². The molecule has 3 N–H and O–H groups in total. The van der Waals surface area contributed by atoms with Gasteiger partial charge in [-0.2, -0.15) is 0 Å². The van der Waals surface area contributed by atoms with E-state index in [0.717, 1.165) is 0 Å². The lowest BCUT2D eigenvalue weighted by atomic mass is 10.6. The van der Waals surface area contributed by atoms with Crippen molar-refractivity contribution in [1.29, 1.82) is 0 Å². The van der Waals surface area contributed by atoms with Crippen molar-refractivity contribution in [2.45, 2.75) is 13.8 Å². The summed E-state index contributed by atoms with van der Waals surface area (Å²) in [6.07, 6.45) is 2.00. The van der Waals surface area contributed by atoms with Crippen LogP contribution in [0.15, 0.2) is 0 Å². The molecule has 0 atom stereocenters. The van der Waals surface area contributed by atoms with Crippen molar-refractivity contribution < 1.29 is 0 Å². The van der Waals surface area contributed by atoms with Gasteiger partial charge in [0.15, 0.2) is 0 Å². The first-order valence-electron chi connectivity index (χ1n) is 1.15. The van der Waals surface area contributed by atoms with Crippen LogP contribution in [0.4, 0.5) is 0 Å². The Morgan fingerprint density at radius 3 is 1.25 bits per heavy atom. The lowest BCUT2D eigenvalue weighted by Gasteiger charge is -1.47. The van der Waals surface area contributed by atoms with Crippen molar-refractivity contribution in [3.05, 3.63) is 6.42 Å². The molecule has 0 bridgehead atoms. The van der Waals surface area contributed by atoms with Gasteiger partial charge in [0, 0.05) is 0 Å². The fourth-order valence-corrected chi connectivity index (χ4v) is 0. The maximum Gasteiger partial charge on any atom is -0.0448 e. The van der Waals surface area contributed by atoms with Gasteiger partial charge in [-0.05, 0) is 6.42 Å². The SMILES string of the molecule is C[CH]C.N. The second kappa shape index (κ2) is 12.3. The van der Waals surface area contributed by atoms with Gasteiger partial charge in [-0.25, -0.2) is 0 Å². The Balaban J connectivity index is 0. The summed E-state index contributed by atoms with van der Waals surface area (Å²) in [5.74, 6) is 0. The van der Waals surface area contributed by atoms with E-state index in [1.165, 1.54) is 0 Å². The van der Waals surface area contributed by atoms with Crippen LogP contribution in [0.1, 0.15) is 13.8 Å².